The first-order valence-corrected chi connectivity index (χ1v) is 9.17. The lowest BCUT2D eigenvalue weighted by molar-refractivity contribution is -0.148. The van der Waals surface area contributed by atoms with Crippen molar-refractivity contribution in [2.45, 2.75) is 43.1 Å². The van der Waals surface area contributed by atoms with Gasteiger partial charge < -0.3 is 4.74 Å². The van der Waals surface area contributed by atoms with Gasteiger partial charge in [0.1, 0.15) is 6.61 Å². The zero-order chi connectivity index (χ0) is 17.6. The number of hydrogen-bond donors (Lipinski definition) is 0. The summed E-state index contributed by atoms with van der Waals surface area (Å²) in [4.78, 5) is 27.1. The Bertz CT molecular complexity index is 879. The van der Waals surface area contributed by atoms with Gasteiger partial charge >= 0.3 is 5.97 Å². The van der Waals surface area contributed by atoms with Gasteiger partial charge in [-0.15, -0.1) is 0 Å². The number of fused-ring (bicyclic) bond motifs is 3. The minimum Gasteiger partial charge on any atom is -0.458 e. The van der Waals surface area contributed by atoms with E-state index in [2.05, 4.69) is 0 Å². The van der Waals surface area contributed by atoms with Crippen molar-refractivity contribution >= 4 is 29.3 Å². The van der Waals surface area contributed by atoms with E-state index in [9.17, 15) is 9.59 Å². The highest BCUT2D eigenvalue weighted by atomic mass is 32.2. The molecule has 0 radical (unpaired) electrons. The fourth-order valence-electron chi connectivity index (χ4n) is 3.48. The lowest BCUT2D eigenvalue weighted by atomic mass is 10.1. The molecule has 0 aromatic heterocycles. The van der Waals surface area contributed by atoms with E-state index in [1.807, 2.05) is 56.3 Å². The Hall–Kier alpha value is -2.27. The molecule has 1 unspecified atom stereocenters. The van der Waals surface area contributed by atoms with Crippen molar-refractivity contribution in [2.75, 3.05) is 4.90 Å². The molecule has 25 heavy (non-hydrogen) atoms. The highest BCUT2D eigenvalue weighted by Gasteiger charge is 2.58. The van der Waals surface area contributed by atoms with E-state index in [-0.39, 0.29) is 18.5 Å². The van der Waals surface area contributed by atoms with Crippen LogP contribution >= 0.6 is 11.8 Å². The number of carbonyl (C=O) groups is 2. The van der Waals surface area contributed by atoms with Crippen LogP contribution in [0, 0.1) is 13.8 Å². The van der Waals surface area contributed by atoms with Crippen molar-refractivity contribution in [3.63, 3.8) is 0 Å². The molecule has 2 aliphatic rings. The third-order valence-corrected chi connectivity index (χ3v) is 6.31. The van der Waals surface area contributed by atoms with E-state index < -0.39 is 4.87 Å². The van der Waals surface area contributed by atoms with E-state index in [0.717, 1.165) is 27.3 Å². The van der Waals surface area contributed by atoms with Crippen LogP contribution in [0.2, 0.25) is 0 Å². The molecule has 4 nitrogen and oxygen atoms in total. The van der Waals surface area contributed by atoms with Crippen LogP contribution in [0.5, 0.6) is 0 Å². The number of rotatable bonds is 3. The number of para-hydroxylation sites is 1. The maximum absolute atomic E-state index is 13.0. The SMILES string of the molecule is Cc1ccc(C)c(COC(=O)C23CCC(=O)N2c2ccccc2S3)c1. The van der Waals surface area contributed by atoms with Gasteiger partial charge in [0.05, 0.1) is 5.69 Å². The number of benzene rings is 2. The van der Waals surface area contributed by atoms with Crippen LogP contribution in [0.3, 0.4) is 0 Å². The lowest BCUT2D eigenvalue weighted by Crippen LogP contribution is -2.47. The fourth-order valence-corrected chi connectivity index (χ4v) is 4.90. The Morgan fingerprint density at radius 3 is 2.88 bits per heavy atom. The number of anilines is 1. The lowest BCUT2D eigenvalue weighted by Gasteiger charge is -2.28. The summed E-state index contributed by atoms with van der Waals surface area (Å²) >= 11 is 1.44. The van der Waals surface area contributed by atoms with Gasteiger partial charge in [0.25, 0.3) is 0 Å². The fraction of sp³-hybridized carbons (Fsp3) is 0.300. The second-order valence-corrected chi connectivity index (χ2v) is 7.91. The predicted octanol–water partition coefficient (Wildman–Crippen LogP) is 3.98. The molecular formula is C20H19NO3S. The molecule has 0 bridgehead atoms. The summed E-state index contributed by atoms with van der Waals surface area (Å²) in [6.07, 6.45) is 0.858. The molecule has 2 aromatic carbocycles. The molecule has 0 saturated carbocycles. The maximum atomic E-state index is 13.0. The Morgan fingerprint density at radius 2 is 2.04 bits per heavy atom. The van der Waals surface area contributed by atoms with E-state index >= 15 is 0 Å². The van der Waals surface area contributed by atoms with Crippen LogP contribution < -0.4 is 4.90 Å². The molecular weight excluding hydrogens is 334 g/mol. The summed E-state index contributed by atoms with van der Waals surface area (Å²) < 4.78 is 5.68. The topological polar surface area (TPSA) is 46.6 Å². The van der Waals surface area contributed by atoms with E-state index in [4.69, 9.17) is 4.74 Å². The molecule has 0 spiro atoms. The van der Waals surface area contributed by atoms with Crippen molar-refractivity contribution in [3.05, 3.63) is 59.2 Å². The molecule has 5 heteroatoms. The highest BCUT2D eigenvalue weighted by Crippen LogP contribution is 2.56. The largest absolute Gasteiger partial charge is 0.458 e. The molecule has 0 aliphatic carbocycles. The Labute approximate surface area is 151 Å². The Morgan fingerprint density at radius 1 is 1.24 bits per heavy atom. The van der Waals surface area contributed by atoms with Crippen LogP contribution in [0.4, 0.5) is 5.69 Å². The smallest absolute Gasteiger partial charge is 0.343 e. The summed E-state index contributed by atoms with van der Waals surface area (Å²) in [5.74, 6) is -0.346. The number of carbonyl (C=O) groups excluding carboxylic acids is 2. The number of thioether (sulfide) groups is 1. The second-order valence-electron chi connectivity index (χ2n) is 6.59. The molecule has 0 N–H and O–H groups in total. The van der Waals surface area contributed by atoms with Crippen LogP contribution in [0.1, 0.15) is 29.5 Å². The van der Waals surface area contributed by atoms with Gasteiger partial charge in [0.15, 0.2) is 4.87 Å². The van der Waals surface area contributed by atoms with Gasteiger partial charge in [-0.3, -0.25) is 9.69 Å². The van der Waals surface area contributed by atoms with Crippen LogP contribution in [-0.2, 0) is 20.9 Å². The monoisotopic (exact) mass is 353 g/mol. The Kier molecular flexibility index (Phi) is 3.84. The number of aryl methyl sites for hydroxylation is 2. The first kappa shape index (κ1) is 16.2. The predicted molar refractivity (Wildman–Crippen MR) is 97.5 cm³/mol. The number of nitrogens with zero attached hydrogens (tertiary/aromatic N) is 1. The van der Waals surface area contributed by atoms with E-state index in [1.54, 1.807) is 4.90 Å². The normalized spacial score (nSPS) is 21.2. The van der Waals surface area contributed by atoms with Crippen molar-refractivity contribution in [3.8, 4) is 0 Å². The number of hydrogen-bond acceptors (Lipinski definition) is 4. The quantitative estimate of drug-likeness (QED) is 0.783. The molecule has 1 saturated heterocycles. The van der Waals surface area contributed by atoms with Gasteiger partial charge in [-0.05, 0) is 37.1 Å². The van der Waals surface area contributed by atoms with Gasteiger partial charge in [-0.25, -0.2) is 4.79 Å². The number of ether oxygens (including phenoxy) is 1. The maximum Gasteiger partial charge on any atom is 0.343 e. The summed E-state index contributed by atoms with van der Waals surface area (Å²) in [6.45, 7) is 4.25. The highest BCUT2D eigenvalue weighted by molar-refractivity contribution is 8.02. The van der Waals surface area contributed by atoms with Crippen molar-refractivity contribution in [2.24, 2.45) is 0 Å². The minimum atomic E-state index is -0.946. The van der Waals surface area contributed by atoms with E-state index in [0.29, 0.717) is 12.8 Å². The summed E-state index contributed by atoms with van der Waals surface area (Å²) in [6, 6.07) is 13.8. The van der Waals surface area contributed by atoms with E-state index in [1.165, 1.54) is 11.8 Å². The van der Waals surface area contributed by atoms with Crippen LogP contribution in [-0.4, -0.2) is 16.7 Å². The number of amides is 1. The molecule has 2 aliphatic heterocycles. The standard InChI is InChI=1S/C20H19NO3S/c1-13-7-8-14(2)15(11-13)12-24-19(23)20-10-9-18(22)21(20)16-5-3-4-6-17(16)25-20/h3-8,11H,9-10,12H2,1-2H3. The summed E-state index contributed by atoms with van der Waals surface area (Å²) in [5.41, 5.74) is 4.05. The Balaban J connectivity index is 1.59. The first-order valence-electron chi connectivity index (χ1n) is 8.36. The van der Waals surface area contributed by atoms with Crippen LogP contribution in [0.15, 0.2) is 47.4 Å². The third-order valence-electron chi connectivity index (χ3n) is 4.86. The second kappa shape index (κ2) is 5.92. The van der Waals surface area contributed by atoms with Gasteiger partial charge in [-0.1, -0.05) is 47.7 Å². The zero-order valence-corrected chi connectivity index (χ0v) is 15.1. The summed E-state index contributed by atoms with van der Waals surface area (Å²) in [5, 5.41) is 0. The molecule has 2 heterocycles. The molecule has 2 aromatic rings. The number of esters is 1. The summed E-state index contributed by atoms with van der Waals surface area (Å²) in [7, 11) is 0. The third kappa shape index (κ3) is 2.54. The van der Waals surface area contributed by atoms with Crippen molar-refractivity contribution in [1.82, 2.24) is 0 Å². The van der Waals surface area contributed by atoms with Crippen LogP contribution in [0.25, 0.3) is 0 Å². The van der Waals surface area contributed by atoms with Gasteiger partial charge in [0, 0.05) is 17.7 Å². The zero-order valence-electron chi connectivity index (χ0n) is 14.2. The van der Waals surface area contributed by atoms with Gasteiger partial charge in [0.2, 0.25) is 5.91 Å². The molecule has 4 rings (SSSR count). The molecule has 128 valence electrons. The minimum absolute atomic E-state index is 0.0128. The average Bonchev–Trinajstić information content (AvgIpc) is 3.11. The van der Waals surface area contributed by atoms with Gasteiger partial charge in [-0.2, -0.15) is 0 Å². The molecule has 1 fully saturated rings. The van der Waals surface area contributed by atoms with Crippen molar-refractivity contribution < 1.29 is 14.3 Å². The first-order chi connectivity index (χ1) is 12.0. The molecule has 1 amide bonds. The molecule has 1 atom stereocenters. The average molecular weight is 353 g/mol. The van der Waals surface area contributed by atoms with Crippen molar-refractivity contribution in [1.29, 1.82) is 0 Å².